The normalized spacial score (nSPS) is 17.2. The van der Waals surface area contributed by atoms with Crippen LogP contribution >= 0.6 is 0 Å². The topological polar surface area (TPSA) is 143 Å². The number of esters is 1. The minimum atomic E-state index is -1.36. The molecule has 0 unspecified atom stereocenters. The fraction of sp³-hybridized carbons (Fsp3) is 0.452. The van der Waals surface area contributed by atoms with E-state index in [4.69, 9.17) is 4.74 Å². The van der Waals surface area contributed by atoms with Crippen LogP contribution in [0.25, 0.3) is 0 Å². The molecule has 0 aliphatic carbocycles. The fourth-order valence-electron chi connectivity index (χ4n) is 4.76. The van der Waals surface area contributed by atoms with Gasteiger partial charge in [0, 0.05) is 13.0 Å². The number of carbonyl (C=O) groups is 5. The van der Waals surface area contributed by atoms with Gasteiger partial charge in [-0.1, -0.05) is 67.6 Å². The van der Waals surface area contributed by atoms with Gasteiger partial charge in [-0.2, -0.15) is 0 Å². The Bertz CT molecular complexity index is 1240. The highest BCUT2D eigenvalue weighted by Gasteiger charge is 2.44. The van der Waals surface area contributed by atoms with Gasteiger partial charge < -0.3 is 30.3 Å². The maximum absolute atomic E-state index is 13.8. The van der Waals surface area contributed by atoms with E-state index in [1.807, 2.05) is 60.7 Å². The zero-order valence-corrected chi connectivity index (χ0v) is 24.6. The summed E-state index contributed by atoms with van der Waals surface area (Å²) in [7, 11) is 1.23. The van der Waals surface area contributed by atoms with Gasteiger partial charge in [-0.25, -0.2) is 9.59 Å². The molecule has 11 nitrogen and oxygen atoms in total. The number of carbonyl (C=O) groups excluding carboxylic acids is 5. The molecule has 0 radical (unpaired) electrons. The molecule has 4 atom stereocenters. The Hall–Kier alpha value is -4.41. The molecule has 11 heteroatoms. The Kier molecular flexibility index (Phi) is 11.5. The zero-order valence-electron chi connectivity index (χ0n) is 24.6. The Morgan fingerprint density at radius 1 is 0.976 bits per heavy atom. The summed E-state index contributed by atoms with van der Waals surface area (Å²) < 4.78 is 10.0. The molecule has 3 rings (SSSR count). The van der Waals surface area contributed by atoms with E-state index in [-0.39, 0.29) is 19.4 Å². The van der Waals surface area contributed by atoms with E-state index in [1.165, 1.54) is 18.9 Å². The van der Waals surface area contributed by atoms with Crippen molar-refractivity contribution in [3.8, 4) is 0 Å². The monoisotopic (exact) mass is 580 g/mol. The number of nitrogens with one attached hydrogen (secondary N) is 3. The molecule has 226 valence electrons. The van der Waals surface area contributed by atoms with Crippen LogP contribution in [-0.2, 0) is 41.7 Å². The first-order chi connectivity index (χ1) is 20.1. The largest absolute Gasteiger partial charge is 0.467 e. The average molecular weight is 581 g/mol. The van der Waals surface area contributed by atoms with Crippen molar-refractivity contribution in [2.75, 3.05) is 13.7 Å². The molecule has 1 heterocycles. The summed E-state index contributed by atoms with van der Waals surface area (Å²) in [6, 6.07) is 15.7. The highest BCUT2D eigenvalue weighted by atomic mass is 16.5. The number of benzene rings is 2. The molecule has 42 heavy (non-hydrogen) atoms. The van der Waals surface area contributed by atoms with Crippen LogP contribution in [0.15, 0.2) is 60.7 Å². The van der Waals surface area contributed by atoms with Gasteiger partial charge in [-0.3, -0.25) is 14.4 Å². The number of hydrogen-bond acceptors (Lipinski definition) is 7. The van der Waals surface area contributed by atoms with Crippen molar-refractivity contribution in [1.29, 1.82) is 0 Å². The first kappa shape index (κ1) is 32.1. The highest BCUT2D eigenvalue weighted by molar-refractivity contribution is 5.97. The second kappa shape index (κ2) is 15.0. The van der Waals surface area contributed by atoms with Crippen molar-refractivity contribution < 1.29 is 33.4 Å². The minimum Gasteiger partial charge on any atom is -0.467 e. The van der Waals surface area contributed by atoms with E-state index >= 15 is 0 Å². The Labute approximate surface area is 246 Å². The molecule has 0 saturated carbocycles. The highest BCUT2D eigenvalue weighted by Crippen LogP contribution is 2.24. The number of nitrogens with zero attached hydrogens (tertiary/aromatic N) is 1. The van der Waals surface area contributed by atoms with Crippen LogP contribution < -0.4 is 16.0 Å². The fourth-order valence-corrected chi connectivity index (χ4v) is 4.76. The second-order valence-electron chi connectivity index (χ2n) is 10.5. The van der Waals surface area contributed by atoms with Crippen LogP contribution in [0.5, 0.6) is 0 Å². The first-order valence-electron chi connectivity index (χ1n) is 14.1. The predicted molar refractivity (Wildman–Crippen MR) is 155 cm³/mol. The van der Waals surface area contributed by atoms with Crippen molar-refractivity contribution in [1.82, 2.24) is 20.9 Å². The van der Waals surface area contributed by atoms with Crippen LogP contribution in [0.1, 0.15) is 51.2 Å². The van der Waals surface area contributed by atoms with Gasteiger partial charge in [0.1, 0.15) is 30.3 Å². The maximum atomic E-state index is 13.8. The molecule has 4 amide bonds. The van der Waals surface area contributed by atoms with Crippen LogP contribution in [0, 0.1) is 0 Å². The lowest BCUT2D eigenvalue weighted by Crippen LogP contribution is -2.63. The number of amides is 4. The van der Waals surface area contributed by atoms with Crippen molar-refractivity contribution in [2.45, 2.75) is 76.7 Å². The third-order valence-corrected chi connectivity index (χ3v) is 7.41. The van der Waals surface area contributed by atoms with E-state index in [0.717, 1.165) is 11.1 Å². The number of methoxy groups -OCH3 is 1. The van der Waals surface area contributed by atoms with Gasteiger partial charge in [-0.05, 0) is 44.2 Å². The molecule has 3 N–H and O–H groups in total. The minimum absolute atomic E-state index is 0.0323. The summed E-state index contributed by atoms with van der Waals surface area (Å²) in [6.07, 6.45) is 0.648. The maximum Gasteiger partial charge on any atom is 0.408 e. The summed E-state index contributed by atoms with van der Waals surface area (Å²) in [6.45, 7) is 5.23. The Morgan fingerprint density at radius 2 is 1.60 bits per heavy atom. The van der Waals surface area contributed by atoms with Gasteiger partial charge in [-0.15, -0.1) is 0 Å². The second-order valence-corrected chi connectivity index (χ2v) is 10.5. The SMILES string of the molecule is CC[C@@](C)(NC(=O)[C@H](Cc1ccccc1)NC(=O)OCc1ccccc1)C(=O)N1CCC[C@H]1C(=O)N[C@@H](C)C(=O)OC. The average Bonchev–Trinajstić information content (AvgIpc) is 3.50. The number of rotatable bonds is 12. The Morgan fingerprint density at radius 3 is 2.19 bits per heavy atom. The summed E-state index contributed by atoms with van der Waals surface area (Å²) in [5.74, 6) is -2.04. The van der Waals surface area contributed by atoms with Gasteiger partial charge in [0.25, 0.3) is 0 Å². The summed E-state index contributed by atoms with van der Waals surface area (Å²) in [5, 5.41) is 8.09. The smallest absolute Gasteiger partial charge is 0.408 e. The quantitative estimate of drug-likeness (QED) is 0.327. The molecule has 0 aromatic heterocycles. The van der Waals surface area contributed by atoms with Crippen LogP contribution in [0.2, 0.25) is 0 Å². The summed E-state index contributed by atoms with van der Waals surface area (Å²) in [4.78, 5) is 66.4. The van der Waals surface area contributed by atoms with Gasteiger partial charge in [0.05, 0.1) is 7.11 Å². The molecule has 0 spiro atoms. The number of alkyl carbamates (subject to hydrolysis) is 1. The standard InChI is InChI=1S/C31H40N4O7/c1-5-31(3,29(39)35-18-12-17-25(35)27(37)32-21(2)28(38)41-4)34-26(36)24(19-22-13-8-6-9-14-22)33-30(40)42-20-23-15-10-7-11-16-23/h6-11,13-16,21,24-25H,5,12,17-20H2,1-4H3,(H,32,37)(H,33,40)(H,34,36)/t21-,24-,25-,31+/m0/s1. The Balaban J connectivity index is 1.73. The van der Waals surface area contributed by atoms with Crippen LogP contribution in [0.3, 0.4) is 0 Å². The molecule has 1 saturated heterocycles. The molecule has 1 aliphatic heterocycles. The van der Waals surface area contributed by atoms with Gasteiger partial charge in [0.2, 0.25) is 17.7 Å². The molecule has 2 aromatic carbocycles. The van der Waals surface area contributed by atoms with Gasteiger partial charge in [0.15, 0.2) is 0 Å². The molecule has 1 aliphatic rings. The van der Waals surface area contributed by atoms with Crippen molar-refractivity contribution in [3.63, 3.8) is 0 Å². The lowest BCUT2D eigenvalue weighted by atomic mass is 9.94. The van der Waals surface area contributed by atoms with E-state index < -0.39 is 53.4 Å². The number of likely N-dealkylation sites (tertiary alicyclic amines) is 1. The van der Waals surface area contributed by atoms with Crippen molar-refractivity contribution in [2.24, 2.45) is 0 Å². The van der Waals surface area contributed by atoms with E-state index in [9.17, 15) is 24.0 Å². The van der Waals surface area contributed by atoms with E-state index in [2.05, 4.69) is 20.7 Å². The third-order valence-electron chi connectivity index (χ3n) is 7.41. The third kappa shape index (κ3) is 8.55. The molecule has 1 fully saturated rings. The molecule has 2 aromatic rings. The van der Waals surface area contributed by atoms with Crippen molar-refractivity contribution >= 4 is 29.8 Å². The molecule has 0 bridgehead atoms. The van der Waals surface area contributed by atoms with E-state index in [0.29, 0.717) is 19.4 Å². The van der Waals surface area contributed by atoms with Crippen molar-refractivity contribution in [3.05, 3.63) is 71.8 Å². The molecular formula is C31H40N4O7. The van der Waals surface area contributed by atoms with Gasteiger partial charge >= 0.3 is 12.1 Å². The van der Waals surface area contributed by atoms with Crippen LogP contribution in [0.4, 0.5) is 4.79 Å². The lowest BCUT2D eigenvalue weighted by Gasteiger charge is -2.36. The summed E-state index contributed by atoms with van der Waals surface area (Å²) in [5.41, 5.74) is 0.242. The number of hydrogen-bond donors (Lipinski definition) is 3. The predicted octanol–water partition coefficient (Wildman–Crippen LogP) is 2.48. The lowest BCUT2D eigenvalue weighted by molar-refractivity contribution is -0.148. The number of ether oxygens (including phenoxy) is 2. The van der Waals surface area contributed by atoms with E-state index in [1.54, 1.807) is 13.8 Å². The zero-order chi connectivity index (χ0) is 30.7. The van der Waals surface area contributed by atoms with Crippen LogP contribution in [-0.4, -0.2) is 72.0 Å². The first-order valence-corrected chi connectivity index (χ1v) is 14.1. The molecular weight excluding hydrogens is 540 g/mol. The summed E-state index contributed by atoms with van der Waals surface area (Å²) >= 11 is 0.